The summed E-state index contributed by atoms with van der Waals surface area (Å²) >= 11 is 0. The molecule has 3 rings (SSSR count). The van der Waals surface area contributed by atoms with Crippen molar-refractivity contribution in [1.82, 2.24) is 4.57 Å². The first-order valence-corrected chi connectivity index (χ1v) is 7.51. The standard InChI is InChI=1S/C18H13F3N2O3/c1-22-12-4-6-13(7-5-12)23-15-9-11(18(19,20)21)3-2-10(15)8-14(16(23)24)17(25)26/h2-9,22H,1H3,(H,25,26). The first kappa shape index (κ1) is 17.5. The quantitative estimate of drug-likeness (QED) is 0.744. The molecule has 0 saturated heterocycles. The van der Waals surface area contributed by atoms with E-state index < -0.39 is 28.8 Å². The zero-order chi connectivity index (χ0) is 19.1. The SMILES string of the molecule is CNc1ccc(-n2c(=O)c(C(=O)O)cc3ccc(C(F)(F)F)cc32)cc1. The van der Waals surface area contributed by atoms with Crippen LogP contribution in [-0.4, -0.2) is 22.7 Å². The predicted octanol–water partition coefficient (Wildman–Crippen LogP) is 3.75. The molecule has 0 saturated carbocycles. The molecule has 1 heterocycles. The van der Waals surface area contributed by atoms with Crippen molar-refractivity contribution in [2.24, 2.45) is 0 Å². The molecule has 0 amide bonds. The zero-order valence-electron chi connectivity index (χ0n) is 13.5. The number of rotatable bonds is 3. The minimum Gasteiger partial charge on any atom is -0.477 e. The maximum absolute atomic E-state index is 13.1. The highest BCUT2D eigenvalue weighted by molar-refractivity contribution is 5.93. The number of pyridine rings is 1. The minimum atomic E-state index is -4.59. The molecule has 1 aromatic heterocycles. The molecule has 0 radical (unpaired) electrons. The first-order valence-electron chi connectivity index (χ1n) is 7.51. The normalized spacial score (nSPS) is 11.5. The van der Waals surface area contributed by atoms with Gasteiger partial charge in [0.15, 0.2) is 0 Å². The van der Waals surface area contributed by atoms with Crippen LogP contribution < -0.4 is 10.9 Å². The molecule has 0 unspecified atom stereocenters. The van der Waals surface area contributed by atoms with Crippen LogP contribution in [0.15, 0.2) is 53.3 Å². The Morgan fingerprint density at radius 1 is 1.08 bits per heavy atom. The number of alkyl halides is 3. The molecule has 26 heavy (non-hydrogen) atoms. The zero-order valence-corrected chi connectivity index (χ0v) is 13.5. The molecule has 0 spiro atoms. The van der Waals surface area contributed by atoms with Crippen molar-refractivity contribution < 1.29 is 23.1 Å². The fourth-order valence-corrected chi connectivity index (χ4v) is 2.67. The summed E-state index contributed by atoms with van der Waals surface area (Å²) in [6.45, 7) is 0. The molecule has 2 N–H and O–H groups in total. The summed E-state index contributed by atoms with van der Waals surface area (Å²) in [5.41, 5.74) is -1.37. The Kier molecular flexibility index (Phi) is 4.19. The van der Waals surface area contributed by atoms with Gasteiger partial charge in [-0.25, -0.2) is 4.79 Å². The lowest BCUT2D eigenvalue weighted by molar-refractivity contribution is -0.137. The van der Waals surface area contributed by atoms with Gasteiger partial charge in [0.25, 0.3) is 5.56 Å². The number of nitrogens with zero attached hydrogens (tertiary/aromatic N) is 1. The number of aromatic nitrogens is 1. The van der Waals surface area contributed by atoms with E-state index in [0.29, 0.717) is 0 Å². The van der Waals surface area contributed by atoms with E-state index in [9.17, 15) is 27.9 Å². The highest BCUT2D eigenvalue weighted by Crippen LogP contribution is 2.32. The summed E-state index contributed by atoms with van der Waals surface area (Å²) in [5.74, 6) is -1.45. The Morgan fingerprint density at radius 3 is 2.27 bits per heavy atom. The van der Waals surface area contributed by atoms with E-state index >= 15 is 0 Å². The van der Waals surface area contributed by atoms with Crippen molar-refractivity contribution in [2.45, 2.75) is 6.18 Å². The van der Waals surface area contributed by atoms with E-state index in [1.54, 1.807) is 19.2 Å². The third-order valence-electron chi connectivity index (χ3n) is 3.98. The smallest absolute Gasteiger partial charge is 0.416 e. The lowest BCUT2D eigenvalue weighted by Gasteiger charge is -2.14. The van der Waals surface area contributed by atoms with Crippen molar-refractivity contribution in [2.75, 3.05) is 12.4 Å². The monoisotopic (exact) mass is 362 g/mol. The molecule has 8 heteroatoms. The summed E-state index contributed by atoms with van der Waals surface area (Å²) in [6, 6.07) is 10.3. The van der Waals surface area contributed by atoms with E-state index in [1.165, 1.54) is 12.1 Å². The number of carboxylic acid groups (broad SMARTS) is 1. The topological polar surface area (TPSA) is 71.3 Å². The van der Waals surface area contributed by atoms with Gasteiger partial charge in [0.2, 0.25) is 0 Å². The van der Waals surface area contributed by atoms with Crippen LogP contribution in [0.25, 0.3) is 16.6 Å². The van der Waals surface area contributed by atoms with Gasteiger partial charge in [0.05, 0.1) is 11.1 Å². The van der Waals surface area contributed by atoms with Gasteiger partial charge in [-0.3, -0.25) is 9.36 Å². The number of hydrogen-bond donors (Lipinski definition) is 2. The first-order chi connectivity index (χ1) is 12.2. The molecule has 0 bridgehead atoms. The largest absolute Gasteiger partial charge is 0.477 e. The second-order valence-electron chi connectivity index (χ2n) is 5.57. The summed E-state index contributed by atoms with van der Waals surface area (Å²) < 4.78 is 40.2. The summed E-state index contributed by atoms with van der Waals surface area (Å²) in [6.07, 6.45) is -4.59. The van der Waals surface area contributed by atoms with Crippen molar-refractivity contribution in [3.05, 3.63) is 70.0 Å². The Bertz CT molecular complexity index is 1050. The molecule has 0 aliphatic heterocycles. The van der Waals surface area contributed by atoms with E-state index in [2.05, 4.69) is 5.32 Å². The number of hydrogen-bond acceptors (Lipinski definition) is 3. The Morgan fingerprint density at radius 2 is 1.73 bits per heavy atom. The van der Waals surface area contributed by atoms with E-state index in [1.807, 2.05) is 0 Å². The molecule has 3 aromatic rings. The number of anilines is 1. The average molecular weight is 362 g/mol. The number of benzene rings is 2. The van der Waals surface area contributed by atoms with Crippen molar-refractivity contribution in [3.8, 4) is 5.69 Å². The van der Waals surface area contributed by atoms with Gasteiger partial charge >= 0.3 is 12.1 Å². The van der Waals surface area contributed by atoms with Gasteiger partial charge in [-0.05, 0) is 47.9 Å². The lowest BCUT2D eigenvalue weighted by Crippen LogP contribution is -2.25. The van der Waals surface area contributed by atoms with Crippen LogP contribution in [0.4, 0.5) is 18.9 Å². The number of carboxylic acids is 1. The van der Waals surface area contributed by atoms with E-state index in [4.69, 9.17) is 0 Å². The molecular formula is C18H13F3N2O3. The summed E-state index contributed by atoms with van der Waals surface area (Å²) in [5, 5.41) is 12.4. The van der Waals surface area contributed by atoms with E-state index in [-0.39, 0.29) is 16.6 Å². The second-order valence-corrected chi connectivity index (χ2v) is 5.57. The van der Waals surface area contributed by atoms with Gasteiger partial charge in [-0.2, -0.15) is 13.2 Å². The number of nitrogens with one attached hydrogen (secondary N) is 1. The Hall–Kier alpha value is -3.29. The average Bonchev–Trinajstić information content (AvgIpc) is 2.60. The van der Waals surface area contributed by atoms with Crippen molar-refractivity contribution in [3.63, 3.8) is 0 Å². The van der Waals surface area contributed by atoms with Gasteiger partial charge in [0.1, 0.15) is 5.56 Å². The van der Waals surface area contributed by atoms with Crippen LogP contribution in [0.5, 0.6) is 0 Å². The van der Waals surface area contributed by atoms with Gasteiger partial charge in [-0.15, -0.1) is 0 Å². The molecule has 5 nitrogen and oxygen atoms in total. The minimum absolute atomic E-state index is 0.0213. The summed E-state index contributed by atoms with van der Waals surface area (Å²) in [4.78, 5) is 24.0. The Labute approximate surface area is 145 Å². The van der Waals surface area contributed by atoms with Gasteiger partial charge < -0.3 is 10.4 Å². The second kappa shape index (κ2) is 6.21. The van der Waals surface area contributed by atoms with Crippen LogP contribution in [0.3, 0.4) is 0 Å². The van der Waals surface area contributed by atoms with Gasteiger partial charge in [0, 0.05) is 18.4 Å². The van der Waals surface area contributed by atoms with Crippen LogP contribution >= 0.6 is 0 Å². The fraction of sp³-hybridized carbons (Fsp3) is 0.111. The summed E-state index contributed by atoms with van der Waals surface area (Å²) in [7, 11) is 1.69. The predicted molar refractivity (Wildman–Crippen MR) is 91.1 cm³/mol. The maximum atomic E-state index is 13.1. The molecule has 134 valence electrons. The third kappa shape index (κ3) is 3.01. The van der Waals surface area contributed by atoms with Crippen LogP contribution in [-0.2, 0) is 6.18 Å². The fourth-order valence-electron chi connectivity index (χ4n) is 2.67. The third-order valence-corrected chi connectivity index (χ3v) is 3.98. The Balaban J connectivity index is 2.40. The van der Waals surface area contributed by atoms with Crippen LogP contribution in [0, 0.1) is 0 Å². The van der Waals surface area contributed by atoms with Crippen molar-refractivity contribution >= 4 is 22.6 Å². The number of aromatic carboxylic acids is 1. The van der Waals surface area contributed by atoms with Crippen LogP contribution in [0.1, 0.15) is 15.9 Å². The van der Waals surface area contributed by atoms with E-state index in [0.717, 1.165) is 34.5 Å². The van der Waals surface area contributed by atoms with Crippen molar-refractivity contribution in [1.29, 1.82) is 0 Å². The number of halogens is 3. The maximum Gasteiger partial charge on any atom is 0.416 e. The molecule has 0 fully saturated rings. The molecule has 0 aliphatic carbocycles. The number of carbonyl (C=O) groups is 1. The highest BCUT2D eigenvalue weighted by Gasteiger charge is 2.31. The molecule has 0 aliphatic rings. The highest BCUT2D eigenvalue weighted by atomic mass is 19.4. The molecule has 0 atom stereocenters. The number of fused-ring (bicyclic) bond motifs is 1. The molecular weight excluding hydrogens is 349 g/mol. The van der Waals surface area contributed by atoms with Crippen LogP contribution in [0.2, 0.25) is 0 Å². The molecule has 2 aromatic carbocycles. The lowest BCUT2D eigenvalue weighted by atomic mass is 10.1. The van der Waals surface area contributed by atoms with Gasteiger partial charge in [-0.1, -0.05) is 6.07 Å².